The van der Waals surface area contributed by atoms with Gasteiger partial charge in [0.2, 0.25) is 11.8 Å². The van der Waals surface area contributed by atoms with Gasteiger partial charge < -0.3 is 5.73 Å². The molecule has 0 bridgehead atoms. The molecule has 0 saturated heterocycles. The van der Waals surface area contributed by atoms with E-state index < -0.39 is 58.6 Å². The van der Waals surface area contributed by atoms with Crippen LogP contribution in [0.3, 0.4) is 0 Å². The van der Waals surface area contributed by atoms with Crippen molar-refractivity contribution < 1.29 is 44.7 Å². The third-order valence-electron chi connectivity index (χ3n) is 5.21. The molecule has 0 saturated carbocycles. The van der Waals surface area contributed by atoms with Gasteiger partial charge in [-0.05, 0) is 36.4 Å². The van der Waals surface area contributed by atoms with E-state index in [1.165, 1.54) is 12.3 Å². The van der Waals surface area contributed by atoms with Crippen LogP contribution in [0.2, 0.25) is 0 Å². The zero-order chi connectivity index (χ0) is 31.4. The van der Waals surface area contributed by atoms with Gasteiger partial charge in [0.15, 0.2) is 11.4 Å². The highest BCUT2D eigenvalue weighted by molar-refractivity contribution is 6.13. The van der Waals surface area contributed by atoms with Crippen molar-refractivity contribution in [2.24, 2.45) is 0 Å². The van der Waals surface area contributed by atoms with Gasteiger partial charge in [0.25, 0.3) is 0 Å². The lowest BCUT2D eigenvalue weighted by Crippen LogP contribution is -2.35. The highest BCUT2D eigenvalue weighted by atomic mass is 19.4. The molecule has 0 spiro atoms. The lowest BCUT2D eigenvalue weighted by atomic mass is 10.1. The number of aromatic nitrogens is 4. The summed E-state index contributed by atoms with van der Waals surface area (Å²) in [5, 5.41) is 0. The minimum atomic E-state index is -4.92. The molecule has 4 aromatic rings. The fourth-order valence-electron chi connectivity index (χ4n) is 3.52. The normalized spacial score (nSPS) is 11.4. The molecule has 0 aliphatic heterocycles. The molecule has 2 amide bonds. The van der Waals surface area contributed by atoms with Gasteiger partial charge in [0, 0.05) is 37.4 Å². The lowest BCUT2D eigenvalue weighted by molar-refractivity contribution is -0.141. The average Bonchev–Trinajstić information content (AvgIpc) is 2.88. The van der Waals surface area contributed by atoms with Crippen molar-refractivity contribution in [3.8, 4) is 22.5 Å². The molecule has 0 aliphatic rings. The summed E-state index contributed by atoms with van der Waals surface area (Å²) in [7, 11) is 0. The summed E-state index contributed by atoms with van der Waals surface area (Å²) < 4.78 is 104. The maximum Gasteiger partial charge on any atom is 0.435 e. The first-order chi connectivity index (χ1) is 19.5. The summed E-state index contributed by atoms with van der Waals surface area (Å²) in [6.07, 6.45) is -5.35. The first-order valence-electron chi connectivity index (χ1n) is 11.4. The highest BCUT2D eigenvalue weighted by Gasteiger charge is 2.39. The number of rotatable bonds is 3. The molecule has 0 aliphatic carbocycles. The zero-order valence-corrected chi connectivity index (χ0v) is 21.4. The van der Waals surface area contributed by atoms with Crippen LogP contribution in [0.15, 0.2) is 61.2 Å². The lowest BCUT2D eigenvalue weighted by Gasteiger charge is -2.21. The second-order valence-corrected chi connectivity index (χ2v) is 8.35. The molecular formula is C26H18F8N6O2. The van der Waals surface area contributed by atoms with E-state index in [-0.39, 0.29) is 22.5 Å². The maximum absolute atomic E-state index is 13.3. The maximum atomic E-state index is 13.3. The molecule has 2 N–H and O–H groups in total. The van der Waals surface area contributed by atoms with E-state index in [0.717, 1.165) is 62.8 Å². The Hall–Kier alpha value is -5.02. The molecule has 0 fully saturated rings. The van der Waals surface area contributed by atoms with Crippen LogP contribution in [0, 0.1) is 11.6 Å². The monoisotopic (exact) mass is 598 g/mol. The van der Waals surface area contributed by atoms with Crippen LogP contribution in [0.25, 0.3) is 22.5 Å². The van der Waals surface area contributed by atoms with Gasteiger partial charge in [-0.2, -0.15) is 26.3 Å². The van der Waals surface area contributed by atoms with E-state index in [2.05, 4.69) is 19.9 Å². The van der Waals surface area contributed by atoms with Gasteiger partial charge in [0.1, 0.15) is 11.6 Å². The molecular weight excluding hydrogens is 580 g/mol. The first kappa shape index (κ1) is 31.5. The number of carbonyl (C=O) groups excluding carboxylic acids is 2. The second-order valence-electron chi connectivity index (χ2n) is 8.35. The molecule has 0 atom stereocenters. The van der Waals surface area contributed by atoms with Gasteiger partial charge in [-0.1, -0.05) is 0 Å². The highest BCUT2D eigenvalue weighted by Crippen LogP contribution is 2.37. The predicted octanol–water partition coefficient (Wildman–Crippen LogP) is 6.08. The SMILES string of the molecule is CC(=O)N(C(C)=O)c1ccc(-c2cncc(F)c2)nc1C(F)(F)F.Nc1ccc(-c2cncc(F)c2)nc1C(F)(F)F. The number of pyridine rings is 4. The van der Waals surface area contributed by atoms with E-state index >= 15 is 0 Å². The first-order valence-corrected chi connectivity index (χ1v) is 11.4. The minimum Gasteiger partial charge on any atom is -0.397 e. The summed E-state index contributed by atoms with van der Waals surface area (Å²) in [6.45, 7) is 1.93. The van der Waals surface area contributed by atoms with Crippen molar-refractivity contribution in [2.75, 3.05) is 10.6 Å². The van der Waals surface area contributed by atoms with Crippen LogP contribution in [-0.2, 0) is 21.9 Å². The number of halogens is 8. The van der Waals surface area contributed by atoms with Gasteiger partial charge in [-0.25, -0.2) is 23.6 Å². The third kappa shape index (κ3) is 7.58. The molecule has 8 nitrogen and oxygen atoms in total. The van der Waals surface area contributed by atoms with Crippen LogP contribution >= 0.6 is 0 Å². The van der Waals surface area contributed by atoms with Gasteiger partial charge in [-0.15, -0.1) is 0 Å². The van der Waals surface area contributed by atoms with Crippen molar-refractivity contribution in [3.63, 3.8) is 0 Å². The van der Waals surface area contributed by atoms with Crippen LogP contribution in [0.1, 0.15) is 25.2 Å². The number of alkyl halides is 6. The number of imide groups is 1. The summed E-state index contributed by atoms with van der Waals surface area (Å²) in [5.41, 5.74) is 1.40. The fraction of sp³-hybridized carbons (Fsp3) is 0.154. The van der Waals surface area contributed by atoms with Crippen LogP contribution in [-0.4, -0.2) is 31.8 Å². The van der Waals surface area contributed by atoms with E-state index in [1.54, 1.807) is 0 Å². The molecule has 4 heterocycles. The summed E-state index contributed by atoms with van der Waals surface area (Å²) in [6, 6.07) is 6.48. The number of carbonyl (C=O) groups is 2. The third-order valence-corrected chi connectivity index (χ3v) is 5.21. The molecule has 220 valence electrons. The topological polar surface area (TPSA) is 115 Å². The minimum absolute atomic E-state index is 0.0317. The van der Waals surface area contributed by atoms with Gasteiger partial charge in [0.05, 0.1) is 35.2 Å². The second kappa shape index (κ2) is 12.2. The molecule has 4 rings (SSSR count). The summed E-state index contributed by atoms with van der Waals surface area (Å²) in [5.74, 6) is -3.15. The predicted molar refractivity (Wildman–Crippen MR) is 133 cm³/mol. The van der Waals surface area contributed by atoms with Crippen molar-refractivity contribution in [1.82, 2.24) is 19.9 Å². The summed E-state index contributed by atoms with van der Waals surface area (Å²) >= 11 is 0. The van der Waals surface area contributed by atoms with E-state index in [1.807, 2.05) is 0 Å². The van der Waals surface area contributed by atoms with Crippen molar-refractivity contribution in [3.05, 3.63) is 84.2 Å². The number of nitrogens with zero attached hydrogens (tertiary/aromatic N) is 5. The molecule has 16 heteroatoms. The Morgan fingerprint density at radius 2 is 1.12 bits per heavy atom. The Bertz CT molecular complexity index is 1610. The Kier molecular flexibility index (Phi) is 9.18. The smallest absolute Gasteiger partial charge is 0.397 e. The molecule has 4 aromatic heterocycles. The molecule has 0 aromatic carbocycles. The Morgan fingerprint density at radius 3 is 1.52 bits per heavy atom. The number of hydrogen-bond donors (Lipinski definition) is 1. The van der Waals surface area contributed by atoms with E-state index in [0.29, 0.717) is 4.90 Å². The van der Waals surface area contributed by atoms with Crippen LogP contribution in [0.5, 0.6) is 0 Å². The van der Waals surface area contributed by atoms with Crippen LogP contribution < -0.4 is 10.6 Å². The van der Waals surface area contributed by atoms with Crippen molar-refractivity contribution in [1.29, 1.82) is 0 Å². The van der Waals surface area contributed by atoms with Crippen molar-refractivity contribution in [2.45, 2.75) is 26.2 Å². The summed E-state index contributed by atoms with van der Waals surface area (Å²) in [4.78, 5) is 37.4. The Labute approximate surface area is 231 Å². The van der Waals surface area contributed by atoms with Gasteiger partial charge in [-0.3, -0.25) is 19.6 Å². The molecule has 0 unspecified atom stereocenters. The molecule has 42 heavy (non-hydrogen) atoms. The quantitative estimate of drug-likeness (QED) is 0.284. The number of hydrogen-bond acceptors (Lipinski definition) is 7. The number of anilines is 2. The zero-order valence-electron chi connectivity index (χ0n) is 21.4. The average molecular weight is 598 g/mol. The molecule has 0 radical (unpaired) electrons. The van der Waals surface area contributed by atoms with Gasteiger partial charge >= 0.3 is 12.4 Å². The fourth-order valence-corrected chi connectivity index (χ4v) is 3.52. The Morgan fingerprint density at radius 1 is 0.690 bits per heavy atom. The number of amides is 2. The largest absolute Gasteiger partial charge is 0.435 e. The van der Waals surface area contributed by atoms with E-state index in [9.17, 15) is 44.7 Å². The number of nitrogen functional groups attached to an aromatic ring is 1. The number of nitrogens with two attached hydrogens (primary N) is 1. The van der Waals surface area contributed by atoms with E-state index in [4.69, 9.17) is 5.73 Å². The standard InChI is InChI=1S/C15H11F4N3O2.C11H7F4N3/c1-8(23)22(9(2)24)13-4-3-12(21-14(13)15(17,18)19)10-5-11(16)7-20-6-10;12-7-3-6(4-17-5-7)9-2-1-8(16)10(18-9)11(13,14)15/h3-7H,1-2H3;1-5H,16H2. The Balaban J connectivity index is 0.000000240. The van der Waals surface area contributed by atoms with Crippen LogP contribution in [0.4, 0.5) is 46.5 Å². The van der Waals surface area contributed by atoms with Crippen molar-refractivity contribution >= 4 is 23.2 Å².